The first-order valence-corrected chi connectivity index (χ1v) is 7.69. The van der Waals surface area contributed by atoms with Crippen molar-refractivity contribution in [2.24, 2.45) is 0 Å². The number of amides is 1. The lowest BCUT2D eigenvalue weighted by molar-refractivity contribution is 0.0939. The van der Waals surface area contributed by atoms with Crippen LogP contribution in [0, 0.1) is 0 Å². The first-order valence-electron chi connectivity index (χ1n) is 7.69. The number of nitrogens with zero attached hydrogens (tertiary/aromatic N) is 1. The Labute approximate surface area is 138 Å². The molecule has 6 nitrogen and oxygen atoms in total. The number of benzene rings is 1. The van der Waals surface area contributed by atoms with Crippen molar-refractivity contribution < 1.29 is 4.79 Å². The minimum atomic E-state index is -0.278. The van der Waals surface area contributed by atoms with Gasteiger partial charge in [0.05, 0.1) is 23.5 Å². The summed E-state index contributed by atoms with van der Waals surface area (Å²) in [5, 5.41) is 9.78. The molecule has 3 rings (SSSR count). The number of hydrogen-bond donors (Lipinski definition) is 3. The zero-order valence-corrected chi connectivity index (χ0v) is 13.2. The molecule has 0 aliphatic carbocycles. The molecule has 0 saturated carbocycles. The third-order valence-electron chi connectivity index (χ3n) is 3.83. The first kappa shape index (κ1) is 15.7. The maximum Gasteiger partial charge on any atom is 0.255 e. The quantitative estimate of drug-likeness (QED) is 0.672. The molecule has 3 aromatic rings. The fourth-order valence-electron chi connectivity index (χ4n) is 2.53. The van der Waals surface area contributed by atoms with E-state index < -0.39 is 0 Å². The fourth-order valence-corrected chi connectivity index (χ4v) is 2.53. The van der Waals surface area contributed by atoms with Gasteiger partial charge in [0.1, 0.15) is 0 Å². The minimum absolute atomic E-state index is 0.193. The van der Waals surface area contributed by atoms with Gasteiger partial charge >= 0.3 is 0 Å². The number of aromatic nitrogens is 3. The zero-order valence-electron chi connectivity index (χ0n) is 13.2. The van der Waals surface area contributed by atoms with Crippen molar-refractivity contribution in [2.75, 3.05) is 0 Å². The van der Waals surface area contributed by atoms with Gasteiger partial charge in [0, 0.05) is 18.7 Å². The zero-order chi connectivity index (χ0) is 16.9. The number of nitrogens with one attached hydrogen (secondary N) is 3. The molecule has 0 spiro atoms. The Morgan fingerprint density at radius 2 is 2.04 bits per heavy atom. The lowest BCUT2D eigenvalue weighted by Crippen LogP contribution is -2.28. The summed E-state index contributed by atoms with van der Waals surface area (Å²) in [6.45, 7) is 1.84. The van der Waals surface area contributed by atoms with Gasteiger partial charge in [0.15, 0.2) is 0 Å². The average molecular weight is 322 g/mol. The number of rotatable bonds is 5. The highest BCUT2D eigenvalue weighted by Crippen LogP contribution is 2.14. The molecule has 1 atom stereocenters. The van der Waals surface area contributed by atoms with Gasteiger partial charge in [-0.05, 0) is 24.1 Å². The van der Waals surface area contributed by atoms with Gasteiger partial charge in [-0.3, -0.25) is 14.7 Å². The van der Waals surface area contributed by atoms with Crippen molar-refractivity contribution in [3.63, 3.8) is 0 Å². The number of H-pyrrole nitrogens is 2. The SMILES string of the molecule is CC(NC(=O)c1cn[nH]c1Cc1ccccc1)c1cc[nH]c(=O)c1. The first-order chi connectivity index (χ1) is 11.6. The van der Waals surface area contributed by atoms with Crippen molar-refractivity contribution in [3.8, 4) is 0 Å². The van der Waals surface area contributed by atoms with Gasteiger partial charge in [0.25, 0.3) is 5.91 Å². The lowest BCUT2D eigenvalue weighted by Gasteiger charge is -2.14. The number of hydrogen-bond acceptors (Lipinski definition) is 3. The van der Waals surface area contributed by atoms with Gasteiger partial charge in [-0.2, -0.15) is 5.10 Å². The van der Waals surface area contributed by atoms with Crippen molar-refractivity contribution >= 4 is 5.91 Å². The van der Waals surface area contributed by atoms with Gasteiger partial charge in [-0.1, -0.05) is 30.3 Å². The van der Waals surface area contributed by atoms with E-state index in [1.165, 1.54) is 12.3 Å². The number of carbonyl (C=O) groups excluding carboxylic acids is 1. The molecule has 6 heteroatoms. The van der Waals surface area contributed by atoms with Crippen LogP contribution in [0.4, 0.5) is 0 Å². The molecular weight excluding hydrogens is 304 g/mol. The highest BCUT2D eigenvalue weighted by molar-refractivity contribution is 5.95. The molecule has 2 heterocycles. The standard InChI is InChI=1S/C18H18N4O2/c1-12(14-7-8-19-17(23)10-14)21-18(24)15-11-20-22-16(15)9-13-5-3-2-4-6-13/h2-8,10-12H,9H2,1H3,(H,19,23)(H,20,22)(H,21,24). The molecule has 1 aromatic carbocycles. The van der Waals surface area contributed by atoms with Gasteiger partial charge in [-0.15, -0.1) is 0 Å². The maximum absolute atomic E-state index is 12.5. The maximum atomic E-state index is 12.5. The summed E-state index contributed by atoms with van der Waals surface area (Å²) in [6.07, 6.45) is 3.69. The van der Waals surface area contributed by atoms with Crippen LogP contribution in [-0.2, 0) is 6.42 Å². The van der Waals surface area contributed by atoms with Crippen LogP contribution in [0.1, 0.15) is 40.1 Å². The van der Waals surface area contributed by atoms with Crippen LogP contribution in [0.3, 0.4) is 0 Å². The monoisotopic (exact) mass is 322 g/mol. The van der Waals surface area contributed by atoms with Crippen LogP contribution in [0.2, 0.25) is 0 Å². The molecule has 0 radical (unpaired) electrons. The van der Waals surface area contributed by atoms with Crippen molar-refractivity contribution in [2.45, 2.75) is 19.4 Å². The second kappa shape index (κ2) is 6.95. The Morgan fingerprint density at radius 1 is 1.25 bits per heavy atom. The van der Waals surface area contributed by atoms with E-state index in [9.17, 15) is 9.59 Å². The summed E-state index contributed by atoms with van der Waals surface area (Å²) < 4.78 is 0. The van der Waals surface area contributed by atoms with E-state index >= 15 is 0 Å². The number of aromatic amines is 2. The van der Waals surface area contributed by atoms with Crippen LogP contribution in [-0.4, -0.2) is 21.1 Å². The topological polar surface area (TPSA) is 90.6 Å². The predicted octanol–water partition coefficient (Wildman–Crippen LogP) is 2.18. The summed E-state index contributed by atoms with van der Waals surface area (Å²) in [5.41, 5.74) is 2.92. The average Bonchev–Trinajstić information content (AvgIpc) is 3.04. The molecule has 122 valence electrons. The Hall–Kier alpha value is -3.15. The minimum Gasteiger partial charge on any atom is -0.345 e. The molecule has 0 aliphatic rings. The second-order valence-corrected chi connectivity index (χ2v) is 5.61. The summed E-state index contributed by atoms with van der Waals surface area (Å²) in [5.74, 6) is -0.220. The predicted molar refractivity (Wildman–Crippen MR) is 90.8 cm³/mol. The van der Waals surface area contributed by atoms with Gasteiger partial charge in [-0.25, -0.2) is 0 Å². The molecule has 24 heavy (non-hydrogen) atoms. The molecule has 0 aliphatic heterocycles. The molecule has 0 saturated heterocycles. The Kier molecular flexibility index (Phi) is 4.56. The van der Waals surface area contributed by atoms with Gasteiger partial charge in [0.2, 0.25) is 5.56 Å². The van der Waals surface area contributed by atoms with Crippen molar-refractivity contribution in [1.29, 1.82) is 0 Å². The summed E-state index contributed by atoms with van der Waals surface area (Å²) in [6, 6.07) is 12.8. The Bertz CT molecular complexity index is 883. The summed E-state index contributed by atoms with van der Waals surface area (Å²) >= 11 is 0. The lowest BCUT2D eigenvalue weighted by atomic mass is 10.1. The highest BCUT2D eigenvalue weighted by Gasteiger charge is 2.17. The van der Waals surface area contributed by atoms with Crippen LogP contribution in [0.25, 0.3) is 0 Å². The van der Waals surface area contributed by atoms with Crippen LogP contribution in [0.5, 0.6) is 0 Å². The molecule has 3 N–H and O–H groups in total. The van der Waals surface area contributed by atoms with E-state index in [0.29, 0.717) is 12.0 Å². The molecular formula is C18H18N4O2. The Morgan fingerprint density at radius 3 is 2.79 bits per heavy atom. The van der Waals surface area contributed by atoms with E-state index in [2.05, 4.69) is 20.5 Å². The van der Waals surface area contributed by atoms with E-state index in [1.807, 2.05) is 37.3 Å². The van der Waals surface area contributed by atoms with E-state index in [1.54, 1.807) is 12.3 Å². The smallest absolute Gasteiger partial charge is 0.255 e. The summed E-state index contributed by atoms with van der Waals surface area (Å²) in [7, 11) is 0. The van der Waals surface area contributed by atoms with Crippen LogP contribution in [0.15, 0.2) is 59.7 Å². The van der Waals surface area contributed by atoms with Crippen molar-refractivity contribution in [1.82, 2.24) is 20.5 Å². The number of pyridine rings is 1. The second-order valence-electron chi connectivity index (χ2n) is 5.61. The van der Waals surface area contributed by atoms with Crippen LogP contribution >= 0.6 is 0 Å². The van der Waals surface area contributed by atoms with E-state index in [-0.39, 0.29) is 17.5 Å². The van der Waals surface area contributed by atoms with Gasteiger partial charge < -0.3 is 10.3 Å². The molecule has 1 amide bonds. The highest BCUT2D eigenvalue weighted by atomic mass is 16.1. The molecule has 0 fully saturated rings. The fraction of sp³-hybridized carbons (Fsp3) is 0.167. The molecule has 0 bridgehead atoms. The third kappa shape index (κ3) is 3.60. The third-order valence-corrected chi connectivity index (χ3v) is 3.83. The molecule has 1 unspecified atom stereocenters. The largest absolute Gasteiger partial charge is 0.345 e. The Balaban J connectivity index is 1.74. The van der Waals surface area contributed by atoms with Crippen molar-refractivity contribution in [3.05, 3.63) is 87.6 Å². The number of carbonyl (C=O) groups is 1. The summed E-state index contributed by atoms with van der Waals surface area (Å²) in [4.78, 5) is 26.5. The van der Waals surface area contributed by atoms with E-state index in [4.69, 9.17) is 0 Å². The van der Waals surface area contributed by atoms with Crippen LogP contribution < -0.4 is 10.9 Å². The molecule has 2 aromatic heterocycles. The van der Waals surface area contributed by atoms with E-state index in [0.717, 1.165) is 16.8 Å². The normalized spacial score (nSPS) is 11.9.